The Kier molecular flexibility index (Phi) is 6.60. The van der Waals surface area contributed by atoms with E-state index in [4.69, 9.17) is 4.74 Å². The van der Waals surface area contributed by atoms with Crippen LogP contribution in [0.3, 0.4) is 0 Å². The second-order valence-electron chi connectivity index (χ2n) is 7.75. The molecule has 170 valence electrons. The van der Waals surface area contributed by atoms with Crippen LogP contribution in [0.2, 0.25) is 0 Å². The number of hydrogen-bond acceptors (Lipinski definition) is 6. The van der Waals surface area contributed by atoms with Crippen molar-refractivity contribution in [1.82, 2.24) is 4.57 Å². The van der Waals surface area contributed by atoms with Gasteiger partial charge in [-0.05, 0) is 50.1 Å². The number of allylic oxidation sites excluding steroid dienone is 1. The molecule has 1 aliphatic rings. The number of fused-ring (bicyclic) bond motifs is 1. The fourth-order valence-corrected chi connectivity index (χ4v) is 5.21. The summed E-state index contributed by atoms with van der Waals surface area (Å²) in [5.41, 5.74) is 3.70. The predicted octanol–water partition coefficient (Wildman–Crippen LogP) is 3.25. The van der Waals surface area contributed by atoms with Crippen molar-refractivity contribution in [3.05, 3.63) is 96.7 Å². The lowest BCUT2D eigenvalue weighted by Gasteiger charge is -2.24. The molecule has 0 bridgehead atoms. The van der Waals surface area contributed by atoms with Gasteiger partial charge in [0.05, 0.1) is 29.0 Å². The quantitative estimate of drug-likeness (QED) is 0.529. The van der Waals surface area contributed by atoms with E-state index in [0.717, 1.165) is 29.9 Å². The number of hydrogen-bond donors (Lipinski definition) is 0. The highest BCUT2D eigenvalue weighted by Gasteiger charge is 2.32. The van der Waals surface area contributed by atoms with Gasteiger partial charge in [-0.1, -0.05) is 53.8 Å². The molecule has 1 aromatic heterocycles. The topological polar surface area (TPSA) is 63.9 Å². The van der Waals surface area contributed by atoms with Crippen LogP contribution in [-0.2, 0) is 9.53 Å². The Morgan fingerprint density at radius 3 is 2.39 bits per heavy atom. The Balaban J connectivity index is 1.85. The van der Waals surface area contributed by atoms with Crippen molar-refractivity contribution in [2.24, 2.45) is 4.99 Å². The molecule has 1 unspecified atom stereocenters. The first-order valence-electron chi connectivity index (χ1n) is 11.0. The molecule has 1 atom stereocenters. The Labute approximate surface area is 196 Å². The van der Waals surface area contributed by atoms with E-state index in [9.17, 15) is 9.59 Å². The molecule has 7 heteroatoms. The number of benzene rings is 2. The van der Waals surface area contributed by atoms with Gasteiger partial charge in [-0.25, -0.2) is 9.79 Å². The summed E-state index contributed by atoms with van der Waals surface area (Å²) < 4.78 is 7.22. The number of thiazole rings is 1. The summed E-state index contributed by atoms with van der Waals surface area (Å²) in [5, 5.41) is 0. The van der Waals surface area contributed by atoms with Crippen molar-refractivity contribution in [1.29, 1.82) is 0 Å². The lowest BCUT2D eigenvalue weighted by Crippen LogP contribution is -2.39. The maximum atomic E-state index is 13.5. The number of ether oxygens (including phenoxy) is 1. The van der Waals surface area contributed by atoms with Crippen LogP contribution in [0.25, 0.3) is 6.08 Å². The Morgan fingerprint density at radius 1 is 1.12 bits per heavy atom. The van der Waals surface area contributed by atoms with Crippen LogP contribution >= 0.6 is 11.3 Å². The maximum Gasteiger partial charge on any atom is 0.338 e. The van der Waals surface area contributed by atoms with E-state index in [2.05, 4.69) is 35.9 Å². The van der Waals surface area contributed by atoms with Crippen LogP contribution in [0.4, 0.5) is 5.69 Å². The lowest BCUT2D eigenvalue weighted by molar-refractivity contribution is -0.136. The van der Waals surface area contributed by atoms with Gasteiger partial charge in [0.2, 0.25) is 0 Å². The Hall–Kier alpha value is -3.45. The molecular formula is C26H27N3O3S. The summed E-state index contributed by atoms with van der Waals surface area (Å²) in [7, 11) is 1.34. The first-order valence-corrected chi connectivity index (χ1v) is 11.8. The molecule has 0 spiro atoms. The van der Waals surface area contributed by atoms with Gasteiger partial charge >= 0.3 is 5.97 Å². The molecule has 4 rings (SSSR count). The largest absolute Gasteiger partial charge is 0.466 e. The van der Waals surface area contributed by atoms with E-state index in [0.29, 0.717) is 20.6 Å². The molecule has 1 aliphatic heterocycles. The first kappa shape index (κ1) is 22.7. The highest BCUT2D eigenvalue weighted by atomic mass is 32.1. The van der Waals surface area contributed by atoms with Gasteiger partial charge in [-0.2, -0.15) is 0 Å². The van der Waals surface area contributed by atoms with Gasteiger partial charge in [-0.3, -0.25) is 9.36 Å². The molecule has 0 saturated heterocycles. The van der Waals surface area contributed by atoms with E-state index in [1.54, 1.807) is 11.5 Å². The van der Waals surface area contributed by atoms with Crippen molar-refractivity contribution in [2.75, 3.05) is 25.1 Å². The van der Waals surface area contributed by atoms with Gasteiger partial charge in [0.25, 0.3) is 5.56 Å². The van der Waals surface area contributed by atoms with Crippen molar-refractivity contribution in [3.8, 4) is 0 Å². The van der Waals surface area contributed by atoms with Gasteiger partial charge in [0.1, 0.15) is 0 Å². The van der Waals surface area contributed by atoms with Crippen LogP contribution in [-0.4, -0.2) is 30.7 Å². The zero-order chi connectivity index (χ0) is 23.5. The summed E-state index contributed by atoms with van der Waals surface area (Å²) in [6.45, 7) is 7.93. The molecule has 2 aromatic carbocycles. The number of methoxy groups -OCH3 is 1. The van der Waals surface area contributed by atoms with Gasteiger partial charge in [0, 0.05) is 18.8 Å². The first-order chi connectivity index (χ1) is 16.0. The molecule has 0 radical (unpaired) electrons. The third-order valence-corrected chi connectivity index (χ3v) is 6.84. The van der Waals surface area contributed by atoms with E-state index < -0.39 is 12.0 Å². The maximum absolute atomic E-state index is 13.5. The highest BCUT2D eigenvalue weighted by Crippen LogP contribution is 2.30. The van der Waals surface area contributed by atoms with Crippen LogP contribution < -0.4 is 19.8 Å². The number of carbonyl (C=O) groups excluding carboxylic acids is 1. The van der Waals surface area contributed by atoms with E-state index in [1.807, 2.05) is 48.5 Å². The summed E-state index contributed by atoms with van der Waals surface area (Å²) in [6.07, 6.45) is 1.88. The van der Waals surface area contributed by atoms with Crippen molar-refractivity contribution < 1.29 is 9.53 Å². The minimum atomic E-state index is -0.581. The molecule has 3 aromatic rings. The molecule has 2 heterocycles. The van der Waals surface area contributed by atoms with Crippen LogP contribution in [0.1, 0.15) is 37.9 Å². The van der Waals surface area contributed by atoms with E-state index >= 15 is 0 Å². The van der Waals surface area contributed by atoms with Gasteiger partial charge < -0.3 is 9.64 Å². The van der Waals surface area contributed by atoms with Gasteiger partial charge in [0.15, 0.2) is 4.80 Å². The highest BCUT2D eigenvalue weighted by molar-refractivity contribution is 7.07. The zero-order valence-electron chi connectivity index (χ0n) is 19.2. The van der Waals surface area contributed by atoms with Crippen molar-refractivity contribution in [2.45, 2.75) is 26.8 Å². The van der Waals surface area contributed by atoms with Crippen LogP contribution in [0, 0.1) is 0 Å². The average molecular weight is 462 g/mol. The number of rotatable bonds is 6. The molecule has 33 heavy (non-hydrogen) atoms. The van der Waals surface area contributed by atoms with Crippen molar-refractivity contribution in [3.63, 3.8) is 0 Å². The fourth-order valence-electron chi connectivity index (χ4n) is 4.16. The van der Waals surface area contributed by atoms with E-state index in [1.165, 1.54) is 18.4 Å². The summed E-state index contributed by atoms with van der Waals surface area (Å²) in [6, 6.07) is 17.1. The monoisotopic (exact) mass is 461 g/mol. The smallest absolute Gasteiger partial charge is 0.338 e. The van der Waals surface area contributed by atoms with Crippen LogP contribution in [0.15, 0.2) is 75.7 Å². The SMILES string of the molecule is CCN(CC)c1ccc(C=c2sc3n(c2=O)C(c2ccccc2)C(C(=O)OC)=C(C)N=3)cc1. The van der Waals surface area contributed by atoms with Crippen LogP contribution in [0.5, 0.6) is 0 Å². The van der Waals surface area contributed by atoms with Gasteiger partial charge in [-0.15, -0.1) is 0 Å². The molecule has 0 amide bonds. The number of esters is 1. The standard InChI is InChI=1S/C26H27N3O3S/c1-5-28(6-2)20-14-12-18(13-15-20)16-21-24(30)29-23(19-10-8-7-9-11-19)22(25(31)32-4)17(3)27-26(29)33-21/h7-16,23H,5-6H2,1-4H3. The molecule has 0 saturated carbocycles. The lowest BCUT2D eigenvalue weighted by atomic mass is 9.96. The fraction of sp³-hybridized carbons (Fsp3) is 0.269. The number of aromatic nitrogens is 1. The number of carbonyl (C=O) groups is 1. The predicted molar refractivity (Wildman–Crippen MR) is 132 cm³/mol. The summed E-state index contributed by atoms with van der Waals surface area (Å²) in [5.74, 6) is -0.480. The molecular weight excluding hydrogens is 434 g/mol. The third-order valence-electron chi connectivity index (χ3n) is 5.86. The number of nitrogens with zero attached hydrogens (tertiary/aromatic N) is 3. The second kappa shape index (κ2) is 9.58. The number of anilines is 1. The normalized spacial score (nSPS) is 15.8. The second-order valence-corrected chi connectivity index (χ2v) is 8.76. The molecule has 0 aliphatic carbocycles. The molecule has 6 nitrogen and oxygen atoms in total. The molecule has 0 N–H and O–H groups in total. The zero-order valence-corrected chi connectivity index (χ0v) is 20.1. The Bertz CT molecular complexity index is 1360. The third kappa shape index (κ3) is 4.28. The minimum absolute atomic E-state index is 0.172. The van der Waals surface area contributed by atoms with E-state index in [-0.39, 0.29) is 5.56 Å². The van der Waals surface area contributed by atoms with Crippen molar-refractivity contribution >= 4 is 29.1 Å². The molecule has 0 fully saturated rings. The minimum Gasteiger partial charge on any atom is -0.466 e. The average Bonchev–Trinajstić information content (AvgIpc) is 3.14. The summed E-state index contributed by atoms with van der Waals surface area (Å²) in [4.78, 5) is 33.6. The summed E-state index contributed by atoms with van der Waals surface area (Å²) >= 11 is 1.33. The Morgan fingerprint density at radius 2 is 1.79 bits per heavy atom.